The first-order valence-electron chi connectivity index (χ1n) is 6.15. The first-order chi connectivity index (χ1) is 8.33. The Bertz CT molecular complexity index is 489. The highest BCUT2D eigenvalue weighted by molar-refractivity contribution is 5.63. The molecule has 1 aromatic carbocycles. The van der Waals surface area contributed by atoms with E-state index in [0.29, 0.717) is 0 Å². The van der Waals surface area contributed by atoms with Gasteiger partial charge >= 0.3 is 0 Å². The third kappa shape index (κ3) is 1.66. The van der Waals surface area contributed by atoms with Gasteiger partial charge in [0.25, 0.3) is 0 Å². The Labute approximate surface area is 108 Å². The number of rotatable bonds is 2. The van der Waals surface area contributed by atoms with E-state index in [9.17, 15) is 10.2 Å². The molecule has 2 N–H and O–H groups in total. The number of aliphatic hydroxyl groups is 2. The fourth-order valence-corrected chi connectivity index (χ4v) is 2.60. The van der Waals surface area contributed by atoms with Crippen LogP contribution in [-0.2, 0) is 5.60 Å². The van der Waals surface area contributed by atoms with E-state index in [1.165, 1.54) is 0 Å². The monoisotopic (exact) mass is 248 g/mol. The lowest BCUT2D eigenvalue weighted by atomic mass is 9.68. The zero-order chi connectivity index (χ0) is 13.6. The molecule has 18 heavy (non-hydrogen) atoms. The van der Waals surface area contributed by atoms with Crippen LogP contribution in [0.25, 0.3) is 6.08 Å². The van der Waals surface area contributed by atoms with Crippen molar-refractivity contribution < 1.29 is 14.9 Å². The molecule has 2 atom stereocenters. The van der Waals surface area contributed by atoms with Gasteiger partial charge in [0.1, 0.15) is 17.0 Å². The third-order valence-electron chi connectivity index (χ3n) is 3.96. The molecule has 1 aliphatic carbocycles. The van der Waals surface area contributed by atoms with Crippen LogP contribution in [0.5, 0.6) is 5.75 Å². The summed E-state index contributed by atoms with van der Waals surface area (Å²) in [6.45, 7) is 5.45. The normalized spacial score (nSPS) is 30.4. The highest BCUT2D eigenvalue weighted by atomic mass is 16.5. The Balaban J connectivity index is 2.59. The molecule has 0 spiro atoms. The number of hydrogen-bond donors (Lipinski definition) is 2. The number of ether oxygens (including phenoxy) is 1. The zero-order valence-corrected chi connectivity index (χ0v) is 11.3. The van der Waals surface area contributed by atoms with Crippen LogP contribution in [-0.4, -0.2) is 22.9 Å². The van der Waals surface area contributed by atoms with Gasteiger partial charge in [-0.1, -0.05) is 26.0 Å². The van der Waals surface area contributed by atoms with E-state index in [1.54, 1.807) is 26.2 Å². The fraction of sp³-hybridized carbons (Fsp3) is 0.467. The van der Waals surface area contributed by atoms with Gasteiger partial charge in [-0.15, -0.1) is 0 Å². The smallest absolute Gasteiger partial charge is 0.120 e. The Morgan fingerprint density at radius 2 is 1.89 bits per heavy atom. The molecule has 0 saturated carbocycles. The molecule has 0 aliphatic heterocycles. The maximum absolute atomic E-state index is 10.7. The summed E-state index contributed by atoms with van der Waals surface area (Å²) >= 11 is 0. The van der Waals surface area contributed by atoms with Crippen LogP contribution in [0.15, 0.2) is 24.3 Å². The van der Waals surface area contributed by atoms with Crippen molar-refractivity contribution in [3.8, 4) is 5.75 Å². The van der Waals surface area contributed by atoms with E-state index < -0.39 is 11.2 Å². The van der Waals surface area contributed by atoms with Gasteiger partial charge in [-0.2, -0.15) is 0 Å². The van der Waals surface area contributed by atoms with Crippen LogP contribution in [0.1, 0.15) is 31.9 Å². The van der Waals surface area contributed by atoms with Crippen LogP contribution in [0.4, 0.5) is 0 Å². The second kappa shape index (κ2) is 4.11. The van der Waals surface area contributed by atoms with Crippen LogP contribution < -0.4 is 4.74 Å². The van der Waals surface area contributed by atoms with Crippen molar-refractivity contribution in [2.45, 2.75) is 32.0 Å². The van der Waals surface area contributed by atoms with Crippen molar-refractivity contribution in [3.63, 3.8) is 0 Å². The summed E-state index contributed by atoms with van der Waals surface area (Å²) in [7, 11) is 1.61. The summed E-state index contributed by atoms with van der Waals surface area (Å²) < 4.78 is 5.17. The average Bonchev–Trinajstić information content (AvgIpc) is 2.33. The molecule has 0 fully saturated rings. The Hall–Kier alpha value is -1.32. The number of methoxy groups -OCH3 is 1. The van der Waals surface area contributed by atoms with Crippen LogP contribution >= 0.6 is 0 Å². The quantitative estimate of drug-likeness (QED) is 0.844. The molecule has 1 aliphatic rings. The lowest BCUT2D eigenvalue weighted by Gasteiger charge is -2.45. The van der Waals surface area contributed by atoms with Gasteiger partial charge in [0.05, 0.1) is 7.11 Å². The minimum atomic E-state index is -1.31. The molecule has 0 amide bonds. The highest BCUT2D eigenvalue weighted by Crippen LogP contribution is 2.44. The predicted octanol–water partition coefficient (Wildman–Crippen LogP) is 2.32. The lowest BCUT2D eigenvalue weighted by molar-refractivity contribution is -0.142. The van der Waals surface area contributed by atoms with Gasteiger partial charge in [-0.05, 0) is 42.2 Å². The number of hydrogen-bond acceptors (Lipinski definition) is 3. The van der Waals surface area contributed by atoms with E-state index in [-0.39, 0.29) is 5.92 Å². The summed E-state index contributed by atoms with van der Waals surface area (Å²) in [5.41, 5.74) is -0.960. The molecule has 0 aromatic heterocycles. The summed E-state index contributed by atoms with van der Waals surface area (Å²) in [5, 5.41) is 21.4. The van der Waals surface area contributed by atoms with Gasteiger partial charge in [0.15, 0.2) is 0 Å². The predicted molar refractivity (Wildman–Crippen MR) is 71.4 cm³/mol. The molecule has 3 nitrogen and oxygen atoms in total. The van der Waals surface area contributed by atoms with E-state index in [4.69, 9.17) is 4.74 Å². The summed E-state index contributed by atoms with van der Waals surface area (Å²) in [6.07, 6.45) is 3.52. The SMILES string of the molecule is COc1ccc2c(c1)C=CC(O)(C(C)C)C2(C)O. The molecule has 0 radical (unpaired) electrons. The largest absolute Gasteiger partial charge is 0.497 e. The molecular formula is C15H20O3. The maximum Gasteiger partial charge on any atom is 0.120 e. The molecule has 2 unspecified atom stereocenters. The fourth-order valence-electron chi connectivity index (χ4n) is 2.60. The molecule has 0 saturated heterocycles. The van der Waals surface area contributed by atoms with E-state index in [0.717, 1.165) is 16.9 Å². The second-order valence-electron chi connectivity index (χ2n) is 5.34. The molecule has 0 heterocycles. The first-order valence-corrected chi connectivity index (χ1v) is 6.15. The van der Waals surface area contributed by atoms with Gasteiger partial charge < -0.3 is 14.9 Å². The van der Waals surface area contributed by atoms with E-state index in [1.807, 2.05) is 32.1 Å². The molecular weight excluding hydrogens is 228 g/mol. The maximum atomic E-state index is 10.7. The third-order valence-corrected chi connectivity index (χ3v) is 3.96. The van der Waals surface area contributed by atoms with Crippen LogP contribution in [0.3, 0.4) is 0 Å². The van der Waals surface area contributed by atoms with Gasteiger partial charge in [-0.3, -0.25) is 0 Å². The van der Waals surface area contributed by atoms with Crippen molar-refractivity contribution >= 4 is 6.08 Å². The van der Waals surface area contributed by atoms with Crippen LogP contribution in [0, 0.1) is 5.92 Å². The molecule has 98 valence electrons. The molecule has 0 bridgehead atoms. The summed E-state index contributed by atoms with van der Waals surface area (Å²) in [4.78, 5) is 0. The zero-order valence-electron chi connectivity index (χ0n) is 11.3. The lowest BCUT2D eigenvalue weighted by Crippen LogP contribution is -2.53. The summed E-state index contributed by atoms with van der Waals surface area (Å²) in [5.74, 6) is 0.656. The molecule has 1 aromatic rings. The van der Waals surface area contributed by atoms with Crippen LogP contribution in [0.2, 0.25) is 0 Å². The van der Waals surface area contributed by atoms with Crippen molar-refractivity contribution in [1.29, 1.82) is 0 Å². The van der Waals surface area contributed by atoms with Crippen molar-refractivity contribution in [2.75, 3.05) is 7.11 Å². The first kappa shape index (κ1) is 13.1. The van der Waals surface area contributed by atoms with Crippen molar-refractivity contribution in [2.24, 2.45) is 5.92 Å². The van der Waals surface area contributed by atoms with Crippen molar-refractivity contribution in [1.82, 2.24) is 0 Å². The Morgan fingerprint density at radius 3 is 2.44 bits per heavy atom. The van der Waals surface area contributed by atoms with E-state index >= 15 is 0 Å². The summed E-state index contributed by atoms with van der Waals surface area (Å²) in [6, 6.07) is 5.47. The van der Waals surface area contributed by atoms with Gasteiger partial charge in [0.2, 0.25) is 0 Å². The van der Waals surface area contributed by atoms with Gasteiger partial charge in [-0.25, -0.2) is 0 Å². The standard InChI is InChI=1S/C15H20O3/c1-10(2)15(17)8-7-11-9-12(18-4)5-6-13(11)14(15,3)16/h5-10,16-17H,1-4H3. The topological polar surface area (TPSA) is 49.7 Å². The van der Waals surface area contributed by atoms with Gasteiger partial charge in [0, 0.05) is 0 Å². The second-order valence-corrected chi connectivity index (χ2v) is 5.34. The Kier molecular flexibility index (Phi) is 2.99. The average molecular weight is 248 g/mol. The molecule has 2 rings (SSSR count). The minimum absolute atomic E-state index is 0.0843. The highest BCUT2D eigenvalue weighted by Gasteiger charge is 2.49. The molecule has 3 heteroatoms. The minimum Gasteiger partial charge on any atom is -0.497 e. The number of fused-ring (bicyclic) bond motifs is 1. The van der Waals surface area contributed by atoms with E-state index in [2.05, 4.69) is 0 Å². The van der Waals surface area contributed by atoms with Crippen molar-refractivity contribution in [3.05, 3.63) is 35.4 Å². The Morgan fingerprint density at radius 1 is 1.22 bits per heavy atom. The number of benzene rings is 1.